The molecule has 6 heteroatoms. The van der Waals surface area contributed by atoms with Crippen LogP contribution in [0.2, 0.25) is 0 Å². The van der Waals surface area contributed by atoms with Crippen LogP contribution in [0.4, 0.5) is 11.8 Å². The maximum atomic E-state index is 9.02. The molecule has 1 unspecified atom stereocenters. The van der Waals surface area contributed by atoms with Crippen molar-refractivity contribution < 1.29 is 5.11 Å². The number of halogens is 1. The number of hydrogen-bond acceptors (Lipinski definition) is 5. The third-order valence-corrected chi connectivity index (χ3v) is 3.94. The van der Waals surface area contributed by atoms with Gasteiger partial charge in [0.15, 0.2) is 0 Å². The molecule has 0 amide bonds. The van der Waals surface area contributed by atoms with Crippen molar-refractivity contribution in [2.45, 2.75) is 26.2 Å². The van der Waals surface area contributed by atoms with Gasteiger partial charge in [0, 0.05) is 32.4 Å². The Kier molecular flexibility index (Phi) is 5.39. The highest BCUT2D eigenvalue weighted by molar-refractivity contribution is 9.10. The second-order valence-corrected chi connectivity index (χ2v) is 5.76. The zero-order valence-corrected chi connectivity index (χ0v) is 12.9. The van der Waals surface area contributed by atoms with Crippen LogP contribution in [0, 0.1) is 5.92 Å². The van der Waals surface area contributed by atoms with Gasteiger partial charge in [0.05, 0.1) is 4.47 Å². The standard InChI is InChI=1S/C13H21BrN4O/c1-2-5-15-13-16-8-11(14)12(17-13)18-6-3-10(9-18)4-7-19/h8,10,19H,2-7,9H2,1H3,(H,15,16,17). The Labute approximate surface area is 122 Å². The van der Waals surface area contributed by atoms with E-state index in [0.717, 1.165) is 49.2 Å². The van der Waals surface area contributed by atoms with Gasteiger partial charge < -0.3 is 15.3 Å². The van der Waals surface area contributed by atoms with Gasteiger partial charge in [-0.25, -0.2) is 4.98 Å². The number of aliphatic hydroxyl groups excluding tert-OH is 1. The maximum Gasteiger partial charge on any atom is 0.224 e. The second-order valence-electron chi connectivity index (χ2n) is 4.90. The molecular formula is C13H21BrN4O. The highest BCUT2D eigenvalue weighted by Gasteiger charge is 2.24. The molecule has 0 saturated carbocycles. The third-order valence-electron chi connectivity index (χ3n) is 3.38. The van der Waals surface area contributed by atoms with E-state index in [-0.39, 0.29) is 6.61 Å². The predicted octanol–water partition coefficient (Wildman–Crippen LogP) is 2.27. The summed E-state index contributed by atoms with van der Waals surface area (Å²) in [4.78, 5) is 11.1. The fraction of sp³-hybridized carbons (Fsp3) is 0.692. The highest BCUT2D eigenvalue weighted by atomic mass is 79.9. The van der Waals surface area contributed by atoms with Gasteiger partial charge in [-0.3, -0.25) is 0 Å². The third kappa shape index (κ3) is 3.79. The van der Waals surface area contributed by atoms with Crippen molar-refractivity contribution in [3.63, 3.8) is 0 Å². The Bertz CT molecular complexity index is 416. The summed E-state index contributed by atoms with van der Waals surface area (Å²) in [6.07, 6.45) is 4.85. The van der Waals surface area contributed by atoms with E-state index in [1.54, 1.807) is 6.20 Å². The first-order valence-corrected chi connectivity index (χ1v) is 7.66. The molecule has 1 saturated heterocycles. The van der Waals surface area contributed by atoms with E-state index in [2.05, 4.69) is 43.0 Å². The average molecular weight is 329 g/mol. The molecule has 5 nitrogen and oxygen atoms in total. The van der Waals surface area contributed by atoms with Gasteiger partial charge in [0.1, 0.15) is 5.82 Å². The predicted molar refractivity (Wildman–Crippen MR) is 80.5 cm³/mol. The minimum absolute atomic E-state index is 0.271. The summed E-state index contributed by atoms with van der Waals surface area (Å²) in [6.45, 7) is 5.23. The van der Waals surface area contributed by atoms with Gasteiger partial charge in [-0.1, -0.05) is 6.92 Å². The summed E-state index contributed by atoms with van der Waals surface area (Å²) in [5.41, 5.74) is 0. The first kappa shape index (κ1) is 14.5. The van der Waals surface area contributed by atoms with Crippen LogP contribution in [0.25, 0.3) is 0 Å². The Hall–Kier alpha value is -0.880. The molecule has 1 atom stereocenters. The first-order valence-electron chi connectivity index (χ1n) is 6.86. The summed E-state index contributed by atoms with van der Waals surface area (Å²) in [5.74, 6) is 2.21. The van der Waals surface area contributed by atoms with Crippen molar-refractivity contribution in [1.82, 2.24) is 9.97 Å². The summed E-state index contributed by atoms with van der Waals surface area (Å²) in [6, 6.07) is 0. The lowest BCUT2D eigenvalue weighted by atomic mass is 10.1. The Balaban J connectivity index is 2.06. The molecule has 2 heterocycles. The van der Waals surface area contributed by atoms with Gasteiger partial charge in [-0.15, -0.1) is 0 Å². The van der Waals surface area contributed by atoms with E-state index in [1.807, 2.05) is 0 Å². The van der Waals surface area contributed by atoms with E-state index < -0.39 is 0 Å². The minimum Gasteiger partial charge on any atom is -0.396 e. The molecule has 0 aromatic carbocycles. The van der Waals surface area contributed by atoms with Crippen molar-refractivity contribution in [3.05, 3.63) is 10.7 Å². The minimum atomic E-state index is 0.271. The van der Waals surface area contributed by atoms with Gasteiger partial charge in [-0.05, 0) is 41.1 Å². The van der Waals surface area contributed by atoms with Crippen molar-refractivity contribution in [2.24, 2.45) is 5.92 Å². The molecule has 1 aliphatic heterocycles. The Morgan fingerprint density at radius 2 is 2.42 bits per heavy atom. The molecule has 2 rings (SSSR count). The SMILES string of the molecule is CCCNc1ncc(Br)c(N2CCC(CCO)C2)n1. The maximum absolute atomic E-state index is 9.02. The van der Waals surface area contributed by atoms with Gasteiger partial charge in [0.2, 0.25) is 5.95 Å². The van der Waals surface area contributed by atoms with E-state index in [0.29, 0.717) is 11.9 Å². The zero-order valence-electron chi connectivity index (χ0n) is 11.3. The summed E-state index contributed by atoms with van der Waals surface area (Å²) >= 11 is 3.52. The summed E-state index contributed by atoms with van der Waals surface area (Å²) in [5, 5.41) is 12.2. The normalized spacial score (nSPS) is 18.9. The second kappa shape index (κ2) is 7.05. The van der Waals surface area contributed by atoms with Crippen LogP contribution in [0.15, 0.2) is 10.7 Å². The van der Waals surface area contributed by atoms with Crippen LogP contribution in [0.1, 0.15) is 26.2 Å². The molecule has 1 aromatic rings. The number of nitrogens with zero attached hydrogens (tertiary/aromatic N) is 3. The molecule has 0 aliphatic carbocycles. The Morgan fingerprint density at radius 3 is 3.16 bits per heavy atom. The molecule has 1 aliphatic rings. The smallest absolute Gasteiger partial charge is 0.224 e. The number of anilines is 2. The first-order chi connectivity index (χ1) is 9.24. The summed E-state index contributed by atoms with van der Waals surface area (Å²) < 4.78 is 0.930. The highest BCUT2D eigenvalue weighted by Crippen LogP contribution is 2.30. The molecule has 1 fully saturated rings. The van der Waals surface area contributed by atoms with Crippen LogP contribution in [0.5, 0.6) is 0 Å². The molecular weight excluding hydrogens is 308 g/mol. The van der Waals surface area contributed by atoms with Crippen LogP contribution in [0.3, 0.4) is 0 Å². The van der Waals surface area contributed by atoms with Crippen molar-refractivity contribution in [1.29, 1.82) is 0 Å². The lowest BCUT2D eigenvalue weighted by Gasteiger charge is -2.19. The van der Waals surface area contributed by atoms with Gasteiger partial charge in [0.25, 0.3) is 0 Å². The molecule has 106 valence electrons. The van der Waals surface area contributed by atoms with Crippen molar-refractivity contribution in [2.75, 3.05) is 36.5 Å². The Morgan fingerprint density at radius 1 is 1.58 bits per heavy atom. The van der Waals surface area contributed by atoms with Crippen molar-refractivity contribution >= 4 is 27.7 Å². The summed E-state index contributed by atoms with van der Waals surface area (Å²) in [7, 11) is 0. The fourth-order valence-electron chi connectivity index (χ4n) is 2.35. The van der Waals surface area contributed by atoms with Gasteiger partial charge in [-0.2, -0.15) is 4.98 Å². The molecule has 0 spiro atoms. The van der Waals surface area contributed by atoms with Gasteiger partial charge >= 0.3 is 0 Å². The molecule has 0 bridgehead atoms. The van der Waals surface area contributed by atoms with Crippen molar-refractivity contribution in [3.8, 4) is 0 Å². The average Bonchev–Trinajstić information content (AvgIpc) is 2.87. The number of rotatable bonds is 6. The van der Waals surface area contributed by atoms with E-state index >= 15 is 0 Å². The van der Waals surface area contributed by atoms with E-state index in [4.69, 9.17) is 5.11 Å². The van der Waals surface area contributed by atoms with Crippen LogP contribution >= 0.6 is 15.9 Å². The molecule has 1 aromatic heterocycles. The molecule has 2 N–H and O–H groups in total. The van der Waals surface area contributed by atoms with Crippen LogP contribution in [-0.2, 0) is 0 Å². The number of hydrogen-bond donors (Lipinski definition) is 2. The molecule has 0 radical (unpaired) electrons. The fourth-order valence-corrected chi connectivity index (χ4v) is 2.79. The van der Waals surface area contributed by atoms with Crippen LogP contribution in [-0.4, -0.2) is 41.3 Å². The van der Waals surface area contributed by atoms with E-state index in [1.165, 1.54) is 0 Å². The molecule has 19 heavy (non-hydrogen) atoms. The lowest BCUT2D eigenvalue weighted by molar-refractivity contribution is 0.263. The number of nitrogens with one attached hydrogen (secondary N) is 1. The number of aliphatic hydroxyl groups is 1. The quantitative estimate of drug-likeness (QED) is 0.838. The number of aromatic nitrogens is 2. The monoisotopic (exact) mass is 328 g/mol. The largest absolute Gasteiger partial charge is 0.396 e. The lowest BCUT2D eigenvalue weighted by Crippen LogP contribution is -2.22. The zero-order chi connectivity index (χ0) is 13.7. The topological polar surface area (TPSA) is 61.3 Å². The van der Waals surface area contributed by atoms with E-state index in [9.17, 15) is 0 Å². The van der Waals surface area contributed by atoms with Crippen LogP contribution < -0.4 is 10.2 Å².